The zero-order chi connectivity index (χ0) is 21.0. The molecule has 11 nitrogen and oxygen atoms in total. The zero-order valence-corrected chi connectivity index (χ0v) is 15.1. The molecule has 1 aromatic heterocycles. The maximum Gasteiger partial charge on any atom is 0.420 e. The summed E-state index contributed by atoms with van der Waals surface area (Å²) in [5.41, 5.74) is 0.275. The van der Waals surface area contributed by atoms with Gasteiger partial charge >= 0.3 is 11.7 Å². The van der Waals surface area contributed by atoms with Gasteiger partial charge in [0.2, 0.25) is 0 Å². The van der Waals surface area contributed by atoms with Gasteiger partial charge in [-0.1, -0.05) is 12.1 Å². The van der Waals surface area contributed by atoms with E-state index >= 15 is 0 Å². The first kappa shape index (κ1) is 19.6. The lowest BCUT2D eigenvalue weighted by Crippen LogP contribution is -2.26. The molecule has 0 bridgehead atoms. The van der Waals surface area contributed by atoms with E-state index in [0.717, 1.165) is 10.6 Å². The number of fused-ring (bicyclic) bond motifs is 1. The number of carbonyl (C=O) groups is 2. The van der Waals surface area contributed by atoms with Gasteiger partial charge < -0.3 is 19.2 Å². The molecule has 0 fully saturated rings. The van der Waals surface area contributed by atoms with Crippen LogP contribution in [0.5, 0.6) is 5.75 Å². The zero-order valence-electron chi connectivity index (χ0n) is 15.1. The van der Waals surface area contributed by atoms with Gasteiger partial charge in [-0.25, -0.2) is 4.79 Å². The Balaban J connectivity index is 1.62. The first-order chi connectivity index (χ1) is 13.9. The average Bonchev–Trinajstić information content (AvgIpc) is 3.01. The van der Waals surface area contributed by atoms with Crippen molar-refractivity contribution in [1.82, 2.24) is 4.57 Å². The van der Waals surface area contributed by atoms with Crippen LogP contribution in [0.4, 0.5) is 11.4 Å². The molecule has 0 aliphatic rings. The Morgan fingerprint density at radius 2 is 2.00 bits per heavy atom. The van der Waals surface area contributed by atoms with Crippen molar-refractivity contribution in [2.24, 2.45) is 0 Å². The van der Waals surface area contributed by atoms with E-state index in [0.29, 0.717) is 11.1 Å². The van der Waals surface area contributed by atoms with Gasteiger partial charge in [0.25, 0.3) is 11.6 Å². The summed E-state index contributed by atoms with van der Waals surface area (Å²) in [6.45, 7) is -1.14. The first-order valence-corrected chi connectivity index (χ1v) is 8.25. The lowest BCUT2D eigenvalue weighted by molar-refractivity contribution is -0.384. The monoisotopic (exact) mass is 401 g/mol. The number of carbonyl (C=O) groups excluding carboxylic acids is 2. The maximum atomic E-state index is 12.0. The molecule has 1 N–H and O–H groups in total. The highest BCUT2D eigenvalue weighted by atomic mass is 16.6. The molecule has 1 heterocycles. The van der Waals surface area contributed by atoms with Crippen LogP contribution < -0.4 is 15.8 Å². The Morgan fingerprint density at radius 3 is 2.72 bits per heavy atom. The van der Waals surface area contributed by atoms with Gasteiger partial charge in [0.15, 0.2) is 12.2 Å². The van der Waals surface area contributed by atoms with Crippen molar-refractivity contribution in [1.29, 1.82) is 0 Å². The van der Waals surface area contributed by atoms with Crippen LogP contribution >= 0.6 is 0 Å². The summed E-state index contributed by atoms with van der Waals surface area (Å²) in [6, 6.07) is 10.4. The molecule has 29 heavy (non-hydrogen) atoms. The number of anilines is 1. The lowest BCUT2D eigenvalue weighted by Gasteiger charge is -2.08. The lowest BCUT2D eigenvalue weighted by atomic mass is 10.2. The quantitative estimate of drug-likeness (QED) is 0.358. The van der Waals surface area contributed by atoms with Gasteiger partial charge in [-0.3, -0.25) is 24.3 Å². The molecule has 0 spiro atoms. The van der Waals surface area contributed by atoms with Crippen molar-refractivity contribution < 1.29 is 28.4 Å². The van der Waals surface area contributed by atoms with Crippen molar-refractivity contribution in [2.75, 3.05) is 19.0 Å². The molecule has 0 unspecified atom stereocenters. The smallest absolute Gasteiger partial charge is 0.420 e. The minimum Gasteiger partial charge on any atom is -0.496 e. The number of nitrogens with zero attached hydrogens (tertiary/aromatic N) is 2. The van der Waals surface area contributed by atoms with E-state index in [1.165, 1.54) is 19.2 Å². The third kappa shape index (κ3) is 4.40. The number of oxazole rings is 1. The van der Waals surface area contributed by atoms with Crippen LogP contribution in [-0.4, -0.2) is 35.1 Å². The number of hydrogen-bond acceptors (Lipinski definition) is 8. The highest BCUT2D eigenvalue weighted by Gasteiger charge is 2.19. The number of hydrogen-bond donors (Lipinski definition) is 1. The second-order valence-electron chi connectivity index (χ2n) is 5.77. The van der Waals surface area contributed by atoms with Gasteiger partial charge in [-0.05, 0) is 24.3 Å². The molecule has 2 aromatic carbocycles. The summed E-state index contributed by atoms with van der Waals surface area (Å²) in [7, 11) is 1.35. The van der Waals surface area contributed by atoms with Gasteiger partial charge in [0.1, 0.15) is 18.0 Å². The van der Waals surface area contributed by atoms with E-state index in [1.807, 2.05) is 0 Å². The first-order valence-electron chi connectivity index (χ1n) is 8.25. The fourth-order valence-corrected chi connectivity index (χ4v) is 2.57. The number of methoxy groups -OCH3 is 1. The van der Waals surface area contributed by atoms with E-state index in [9.17, 15) is 24.5 Å². The summed E-state index contributed by atoms with van der Waals surface area (Å²) in [6.07, 6.45) is 0. The Bertz CT molecular complexity index is 1150. The number of nitrogens with one attached hydrogen (secondary N) is 1. The van der Waals surface area contributed by atoms with Crippen LogP contribution in [0, 0.1) is 10.1 Å². The van der Waals surface area contributed by atoms with Gasteiger partial charge in [0, 0.05) is 0 Å². The van der Waals surface area contributed by atoms with Crippen molar-refractivity contribution in [2.45, 2.75) is 6.54 Å². The summed E-state index contributed by atoms with van der Waals surface area (Å²) in [5, 5.41) is 13.4. The molecule has 3 aromatic rings. The number of rotatable bonds is 7. The third-order valence-corrected chi connectivity index (χ3v) is 3.90. The molecule has 1 amide bonds. The molecular weight excluding hydrogens is 386 g/mol. The van der Waals surface area contributed by atoms with Crippen LogP contribution in [0.1, 0.15) is 0 Å². The fraction of sp³-hybridized carbons (Fsp3) is 0.167. The Morgan fingerprint density at radius 1 is 1.24 bits per heavy atom. The number of aromatic nitrogens is 1. The third-order valence-electron chi connectivity index (χ3n) is 3.90. The minimum atomic E-state index is -0.849. The Hall–Kier alpha value is -4.15. The molecule has 0 saturated heterocycles. The van der Waals surface area contributed by atoms with E-state index in [2.05, 4.69) is 5.32 Å². The second kappa shape index (κ2) is 8.25. The van der Waals surface area contributed by atoms with Crippen molar-refractivity contribution in [3.05, 3.63) is 63.1 Å². The SMILES string of the molecule is COc1ccc(NC(=O)COC(=O)Cn2c(=O)oc3ccccc32)c([N+](=O)[O-])c1. The normalized spacial score (nSPS) is 10.5. The Labute approximate surface area is 162 Å². The standard InChI is InChI=1S/C18H15N3O8/c1-27-11-6-7-12(14(8-11)21(25)26)19-16(22)10-28-17(23)9-20-13-4-2-3-5-15(13)29-18(20)24/h2-8H,9-10H2,1H3,(H,19,22). The van der Waals surface area contributed by atoms with Gasteiger partial charge in [-0.15, -0.1) is 0 Å². The summed E-state index contributed by atoms with van der Waals surface area (Å²) in [4.78, 5) is 46.3. The molecule has 0 saturated carbocycles. The molecule has 0 aliphatic heterocycles. The second-order valence-corrected chi connectivity index (χ2v) is 5.77. The summed E-state index contributed by atoms with van der Waals surface area (Å²) < 4.78 is 15.8. The van der Waals surface area contributed by atoms with Crippen LogP contribution in [0.25, 0.3) is 11.1 Å². The number of para-hydroxylation sites is 2. The van der Waals surface area contributed by atoms with Gasteiger partial charge in [-0.2, -0.15) is 0 Å². The molecule has 0 radical (unpaired) electrons. The van der Waals surface area contributed by atoms with Crippen molar-refractivity contribution in [3.8, 4) is 5.75 Å². The topological polar surface area (TPSA) is 143 Å². The maximum absolute atomic E-state index is 12.0. The highest BCUT2D eigenvalue weighted by molar-refractivity contribution is 5.95. The molecular formula is C18H15N3O8. The number of ether oxygens (including phenoxy) is 2. The fourth-order valence-electron chi connectivity index (χ4n) is 2.57. The van der Waals surface area contributed by atoms with Crippen LogP contribution in [0.15, 0.2) is 51.7 Å². The van der Waals surface area contributed by atoms with Gasteiger partial charge in [0.05, 0.1) is 23.6 Å². The highest BCUT2D eigenvalue weighted by Crippen LogP contribution is 2.28. The van der Waals surface area contributed by atoms with E-state index in [-0.39, 0.29) is 17.1 Å². The summed E-state index contributed by atoms with van der Waals surface area (Å²) in [5.74, 6) is -2.12. The predicted molar refractivity (Wildman–Crippen MR) is 99.7 cm³/mol. The predicted octanol–water partition coefficient (Wildman–Crippen LogP) is 1.69. The van der Waals surface area contributed by atoms with Crippen molar-refractivity contribution >= 4 is 34.4 Å². The Kier molecular flexibility index (Phi) is 5.58. The molecule has 0 aliphatic carbocycles. The van der Waals surface area contributed by atoms with Crippen LogP contribution in [0.2, 0.25) is 0 Å². The average molecular weight is 401 g/mol. The van der Waals surface area contributed by atoms with E-state index < -0.39 is 35.7 Å². The number of esters is 1. The van der Waals surface area contributed by atoms with Crippen LogP contribution in [-0.2, 0) is 20.9 Å². The number of nitro benzene ring substituents is 1. The van der Waals surface area contributed by atoms with E-state index in [1.54, 1.807) is 24.3 Å². The largest absolute Gasteiger partial charge is 0.496 e. The molecule has 0 atom stereocenters. The minimum absolute atomic E-state index is 0.0751. The molecule has 150 valence electrons. The number of benzene rings is 2. The molecule has 3 rings (SSSR count). The molecule has 11 heteroatoms. The summed E-state index contributed by atoms with van der Waals surface area (Å²) >= 11 is 0. The number of amides is 1. The van der Waals surface area contributed by atoms with E-state index in [4.69, 9.17) is 13.9 Å². The number of nitro groups is 1. The van der Waals surface area contributed by atoms with Crippen molar-refractivity contribution in [3.63, 3.8) is 0 Å². The van der Waals surface area contributed by atoms with Crippen LogP contribution in [0.3, 0.4) is 0 Å².